The number of carbonyl (C=O) groups excluding carboxylic acids is 1. The molecule has 152 valence electrons. The van der Waals surface area contributed by atoms with Crippen LogP contribution in [0.2, 0.25) is 0 Å². The molecule has 0 aromatic carbocycles. The number of piperazine rings is 1. The average Bonchev–Trinajstić information content (AvgIpc) is 2.52. The van der Waals surface area contributed by atoms with Gasteiger partial charge in [-0.15, -0.1) is 0 Å². The fraction of sp³-hybridized carbons (Fsp3) is 0.947. The highest BCUT2D eigenvalue weighted by atomic mass is 127. The van der Waals surface area contributed by atoms with Gasteiger partial charge in [-0.2, -0.15) is 0 Å². The third kappa shape index (κ3) is 9.55. The predicted octanol–water partition coefficient (Wildman–Crippen LogP) is -2.93. The van der Waals surface area contributed by atoms with E-state index in [0.29, 0.717) is 6.61 Å². The molecule has 4 nitrogen and oxygen atoms in total. The molecule has 1 atom stereocenters. The van der Waals surface area contributed by atoms with Crippen molar-refractivity contribution in [1.29, 1.82) is 0 Å². The fourth-order valence-corrected chi connectivity index (χ4v) is 3.25. The molecule has 0 saturated carbocycles. The van der Waals surface area contributed by atoms with Crippen LogP contribution in [0.4, 0.5) is 0 Å². The number of quaternary nitrogens is 2. The van der Waals surface area contributed by atoms with E-state index in [2.05, 4.69) is 41.9 Å². The minimum absolute atomic E-state index is 0. The number of rotatable bonds is 9. The average molecular weight is 582 g/mol. The Kier molecular flexibility index (Phi) is 13.8. The monoisotopic (exact) mass is 582 g/mol. The molecule has 1 fully saturated rings. The van der Waals surface area contributed by atoms with E-state index < -0.39 is 0 Å². The Bertz CT molecular complexity index is 382. The third-order valence-corrected chi connectivity index (χ3v) is 5.92. The van der Waals surface area contributed by atoms with Gasteiger partial charge in [0.2, 0.25) is 0 Å². The van der Waals surface area contributed by atoms with E-state index in [1.165, 1.54) is 26.2 Å². The van der Waals surface area contributed by atoms with Crippen LogP contribution in [0.15, 0.2) is 0 Å². The Hall–Kier alpha value is 0.850. The third-order valence-electron chi connectivity index (χ3n) is 5.92. The van der Waals surface area contributed by atoms with Crippen LogP contribution in [-0.4, -0.2) is 75.4 Å². The van der Waals surface area contributed by atoms with E-state index in [-0.39, 0.29) is 59.3 Å². The summed E-state index contributed by atoms with van der Waals surface area (Å²) in [6.45, 7) is 12.9. The first-order valence-electron chi connectivity index (χ1n) is 9.49. The van der Waals surface area contributed by atoms with Gasteiger partial charge in [-0.05, 0) is 19.8 Å². The zero-order valence-electron chi connectivity index (χ0n) is 17.2. The van der Waals surface area contributed by atoms with Gasteiger partial charge >= 0.3 is 5.97 Å². The van der Waals surface area contributed by atoms with E-state index >= 15 is 0 Å². The lowest BCUT2D eigenvalue weighted by Crippen LogP contribution is -3.00. The minimum atomic E-state index is -0.291. The van der Waals surface area contributed by atoms with Crippen LogP contribution in [-0.2, 0) is 9.53 Å². The van der Waals surface area contributed by atoms with Crippen molar-refractivity contribution in [2.24, 2.45) is 5.41 Å². The van der Waals surface area contributed by atoms with Gasteiger partial charge in [0.15, 0.2) is 0 Å². The van der Waals surface area contributed by atoms with Crippen LogP contribution in [0.1, 0.15) is 52.9 Å². The number of ether oxygens (including phenoxy) is 1. The van der Waals surface area contributed by atoms with E-state index in [1.807, 2.05) is 0 Å². The van der Waals surface area contributed by atoms with Crippen LogP contribution in [0.3, 0.4) is 0 Å². The summed E-state index contributed by atoms with van der Waals surface area (Å²) in [5.74, 6) is 0.00699. The molecule has 0 spiro atoms. The normalized spacial score (nSPS) is 20.6. The van der Waals surface area contributed by atoms with Gasteiger partial charge in [0.1, 0.15) is 26.2 Å². The largest absolute Gasteiger partial charge is 1.00 e. The van der Waals surface area contributed by atoms with E-state index in [9.17, 15) is 4.79 Å². The molecule has 0 aromatic heterocycles. The molecule has 1 saturated heterocycles. The molecule has 1 unspecified atom stereocenters. The Morgan fingerprint density at radius 1 is 1.00 bits per heavy atom. The number of carbonyl (C=O) groups is 1. The van der Waals surface area contributed by atoms with Gasteiger partial charge in [0.25, 0.3) is 0 Å². The summed E-state index contributed by atoms with van der Waals surface area (Å²) in [4.78, 5) is 12.4. The molecule has 0 radical (unpaired) electrons. The quantitative estimate of drug-likeness (QED) is 0.126. The van der Waals surface area contributed by atoms with Gasteiger partial charge in [-0.25, -0.2) is 0 Å². The lowest BCUT2D eigenvalue weighted by molar-refractivity contribution is -1.01. The number of halogens is 2. The van der Waals surface area contributed by atoms with Gasteiger partial charge in [-0.1, -0.05) is 26.7 Å². The number of nitrogens with zero attached hydrogens (tertiary/aromatic N) is 2. The number of hydrogen-bond donors (Lipinski definition) is 0. The van der Waals surface area contributed by atoms with Crippen molar-refractivity contribution >= 4 is 5.97 Å². The molecular weight excluding hydrogens is 542 g/mol. The number of esters is 1. The summed E-state index contributed by atoms with van der Waals surface area (Å²) in [6.07, 6.45) is 5.02. The van der Waals surface area contributed by atoms with Gasteiger partial charge in [-0.3, -0.25) is 4.79 Å². The Balaban J connectivity index is 0. The molecule has 0 bridgehead atoms. The van der Waals surface area contributed by atoms with Crippen molar-refractivity contribution in [3.63, 3.8) is 0 Å². The molecule has 6 heteroatoms. The van der Waals surface area contributed by atoms with Crippen molar-refractivity contribution in [3.05, 3.63) is 0 Å². The highest BCUT2D eigenvalue weighted by molar-refractivity contribution is 5.76. The van der Waals surface area contributed by atoms with E-state index in [4.69, 9.17) is 4.74 Å². The van der Waals surface area contributed by atoms with Gasteiger partial charge in [0.05, 0.1) is 39.7 Å². The molecule has 1 aliphatic rings. The summed E-state index contributed by atoms with van der Waals surface area (Å²) in [7, 11) is 6.97. The minimum Gasteiger partial charge on any atom is -1.00 e. The van der Waals surface area contributed by atoms with Crippen molar-refractivity contribution in [2.75, 3.05) is 60.5 Å². The second-order valence-electron chi connectivity index (χ2n) is 8.68. The lowest BCUT2D eigenvalue weighted by Gasteiger charge is -2.44. The zero-order chi connectivity index (χ0) is 17.6. The SMILES string of the molecule is CCCCC(C)(CC)C(=O)OCCC[N+]1(C)CC[N+](C)(C)CC1.[I-].[I-]. The van der Waals surface area contributed by atoms with Crippen molar-refractivity contribution in [2.45, 2.75) is 52.9 Å². The molecule has 1 heterocycles. The van der Waals surface area contributed by atoms with Crippen LogP contribution < -0.4 is 48.0 Å². The molecule has 25 heavy (non-hydrogen) atoms. The highest BCUT2D eigenvalue weighted by Crippen LogP contribution is 2.29. The summed E-state index contributed by atoms with van der Waals surface area (Å²) in [6, 6.07) is 0. The second-order valence-corrected chi connectivity index (χ2v) is 8.68. The Morgan fingerprint density at radius 3 is 2.04 bits per heavy atom. The summed E-state index contributed by atoms with van der Waals surface area (Å²) in [5.41, 5.74) is -0.291. The second kappa shape index (κ2) is 12.3. The van der Waals surface area contributed by atoms with Crippen LogP contribution in [0.5, 0.6) is 0 Å². The number of unbranched alkanes of at least 4 members (excludes halogenated alkanes) is 1. The molecule has 0 amide bonds. The van der Waals surface area contributed by atoms with E-state index in [0.717, 1.165) is 47.6 Å². The van der Waals surface area contributed by atoms with Crippen LogP contribution in [0, 0.1) is 5.41 Å². The topological polar surface area (TPSA) is 26.3 Å². The lowest BCUT2D eigenvalue weighted by atomic mass is 9.82. The Labute approximate surface area is 190 Å². The first-order valence-corrected chi connectivity index (χ1v) is 9.49. The smallest absolute Gasteiger partial charge is 0.311 e. The Morgan fingerprint density at radius 2 is 1.56 bits per heavy atom. The van der Waals surface area contributed by atoms with Crippen molar-refractivity contribution in [3.8, 4) is 0 Å². The maximum atomic E-state index is 12.4. The zero-order valence-corrected chi connectivity index (χ0v) is 21.6. The van der Waals surface area contributed by atoms with Crippen molar-refractivity contribution in [1.82, 2.24) is 0 Å². The number of likely N-dealkylation sites (N-methyl/N-ethyl adjacent to an activating group) is 2. The first-order chi connectivity index (χ1) is 10.7. The van der Waals surface area contributed by atoms with E-state index in [1.54, 1.807) is 0 Å². The van der Waals surface area contributed by atoms with Crippen molar-refractivity contribution < 1.29 is 66.5 Å². The maximum absolute atomic E-state index is 12.4. The first kappa shape index (κ1) is 28.1. The van der Waals surface area contributed by atoms with Crippen LogP contribution in [0.25, 0.3) is 0 Å². The predicted molar refractivity (Wildman–Crippen MR) is 96.1 cm³/mol. The molecule has 0 aromatic rings. The number of hydrogen-bond acceptors (Lipinski definition) is 2. The highest BCUT2D eigenvalue weighted by Gasteiger charge is 2.35. The molecule has 0 N–H and O–H groups in total. The molecule has 0 aliphatic carbocycles. The molecular formula is C19H40I2N2O2. The summed E-state index contributed by atoms with van der Waals surface area (Å²) in [5, 5.41) is 0. The fourth-order valence-electron chi connectivity index (χ4n) is 3.25. The molecule has 1 aliphatic heterocycles. The summed E-state index contributed by atoms with van der Waals surface area (Å²) >= 11 is 0. The van der Waals surface area contributed by atoms with Gasteiger partial charge in [0, 0.05) is 6.42 Å². The van der Waals surface area contributed by atoms with Crippen LogP contribution >= 0.6 is 0 Å². The maximum Gasteiger partial charge on any atom is 0.311 e. The van der Waals surface area contributed by atoms with Gasteiger partial charge < -0.3 is 61.7 Å². The standard InChI is InChI=1S/C19H40N2O2.2HI/c1-7-9-11-19(3,8-2)18(22)23-17-10-12-21(6)15-13-20(4,5)14-16-21;;/h7-17H2,1-6H3;2*1H/q+2;;/p-2. The summed E-state index contributed by atoms with van der Waals surface area (Å²) < 4.78 is 7.88. The molecule has 1 rings (SSSR count).